The largest absolute Gasteiger partial charge is 0.293 e. The Hall–Kier alpha value is -2.60. The van der Waals surface area contributed by atoms with Crippen LogP contribution in [0.2, 0.25) is 0 Å². The third kappa shape index (κ3) is 2.72. The van der Waals surface area contributed by atoms with Gasteiger partial charge in [0.1, 0.15) is 0 Å². The van der Waals surface area contributed by atoms with E-state index in [-0.39, 0.29) is 5.78 Å². The van der Waals surface area contributed by atoms with Crippen LogP contribution in [0.5, 0.6) is 0 Å². The Morgan fingerprint density at radius 2 is 1.88 bits per heavy atom. The predicted octanol–water partition coefficient (Wildman–Crippen LogP) is 4.11. The molecular weight excluding hydrogens is 332 g/mol. The second-order valence-electron chi connectivity index (χ2n) is 6.23. The number of nitrogens with one attached hydrogen (secondary N) is 1. The Balaban J connectivity index is 1.62. The van der Waals surface area contributed by atoms with Crippen LogP contribution in [0.25, 0.3) is 16.8 Å². The zero-order valence-electron chi connectivity index (χ0n) is 14.3. The molecular formula is C19H18N4OS. The molecule has 0 aliphatic heterocycles. The number of benzene rings is 2. The van der Waals surface area contributed by atoms with E-state index in [2.05, 4.69) is 28.2 Å². The summed E-state index contributed by atoms with van der Waals surface area (Å²) >= 11 is 1.43. The number of aryl methyl sites for hydroxylation is 3. The molecule has 0 bridgehead atoms. The molecule has 2 aromatic carbocycles. The molecule has 0 radical (unpaired) electrons. The summed E-state index contributed by atoms with van der Waals surface area (Å²) in [6.45, 7) is 6.09. The first-order valence-corrected chi connectivity index (χ1v) is 9.08. The van der Waals surface area contributed by atoms with Gasteiger partial charge in [0.05, 0.1) is 16.8 Å². The smallest absolute Gasteiger partial charge is 0.231 e. The fraction of sp³-hybridized carbons (Fsp3) is 0.211. The van der Waals surface area contributed by atoms with Gasteiger partial charge in [-0.3, -0.25) is 9.20 Å². The Morgan fingerprint density at radius 1 is 1.12 bits per heavy atom. The summed E-state index contributed by atoms with van der Waals surface area (Å²) in [5.41, 5.74) is 6.06. The minimum absolute atomic E-state index is 0.117. The molecule has 0 saturated heterocycles. The van der Waals surface area contributed by atoms with Gasteiger partial charge in [-0.2, -0.15) is 0 Å². The number of carbonyl (C=O) groups excluding carboxylic acids is 1. The van der Waals surface area contributed by atoms with Crippen LogP contribution in [0, 0.1) is 20.8 Å². The molecule has 4 aromatic rings. The highest BCUT2D eigenvalue weighted by atomic mass is 32.2. The van der Waals surface area contributed by atoms with Crippen molar-refractivity contribution >= 4 is 34.4 Å². The van der Waals surface area contributed by atoms with E-state index in [0.717, 1.165) is 32.9 Å². The number of hydrogen-bond acceptors (Lipinski definition) is 4. The summed E-state index contributed by atoms with van der Waals surface area (Å²) in [6.07, 6.45) is 0. The van der Waals surface area contributed by atoms with Crippen LogP contribution in [0.15, 0.2) is 41.6 Å². The van der Waals surface area contributed by atoms with Crippen LogP contribution >= 0.6 is 11.8 Å². The number of nitrogens with zero attached hydrogens (tertiary/aromatic N) is 3. The van der Waals surface area contributed by atoms with Gasteiger partial charge in [-0.05, 0) is 55.7 Å². The van der Waals surface area contributed by atoms with Gasteiger partial charge in [0.25, 0.3) is 0 Å². The Labute approximate surface area is 149 Å². The van der Waals surface area contributed by atoms with Gasteiger partial charge in [0.2, 0.25) is 5.78 Å². The number of thioether (sulfide) groups is 1. The standard InChI is InChI=1S/C19H18N4OS/c1-11-8-13(3)14(9-12(11)2)17(24)10-25-19-22-21-18-20-15-6-4-5-7-16(15)23(18)19/h4-9H,10H2,1-3H3,(H,20,21). The van der Waals surface area contributed by atoms with E-state index in [1.165, 1.54) is 17.3 Å². The van der Waals surface area contributed by atoms with E-state index in [9.17, 15) is 4.79 Å². The van der Waals surface area contributed by atoms with Gasteiger partial charge in [-0.15, -0.1) is 5.10 Å². The topological polar surface area (TPSA) is 63.0 Å². The zero-order chi connectivity index (χ0) is 17.6. The molecule has 0 atom stereocenters. The number of hydrogen-bond donors (Lipinski definition) is 1. The number of rotatable bonds is 4. The molecule has 2 aromatic heterocycles. The minimum atomic E-state index is 0.117. The number of para-hydroxylation sites is 2. The van der Waals surface area contributed by atoms with E-state index in [0.29, 0.717) is 11.5 Å². The quantitative estimate of drug-likeness (QED) is 0.444. The first-order chi connectivity index (χ1) is 12.0. The highest BCUT2D eigenvalue weighted by Crippen LogP contribution is 2.24. The molecule has 5 nitrogen and oxygen atoms in total. The maximum Gasteiger partial charge on any atom is 0.231 e. The molecule has 0 unspecified atom stereocenters. The molecule has 0 spiro atoms. The lowest BCUT2D eigenvalue weighted by Gasteiger charge is -2.08. The van der Waals surface area contributed by atoms with Gasteiger partial charge in [0.15, 0.2) is 10.9 Å². The second kappa shape index (κ2) is 6.04. The molecule has 126 valence electrons. The van der Waals surface area contributed by atoms with E-state index < -0.39 is 0 Å². The Bertz CT molecular complexity index is 1110. The number of carbonyl (C=O) groups is 1. The summed E-state index contributed by atoms with van der Waals surface area (Å²) in [7, 11) is 0. The van der Waals surface area contributed by atoms with E-state index in [4.69, 9.17) is 0 Å². The van der Waals surface area contributed by atoms with Crippen molar-refractivity contribution in [3.8, 4) is 0 Å². The first-order valence-electron chi connectivity index (χ1n) is 8.10. The monoisotopic (exact) mass is 350 g/mol. The molecule has 4 rings (SSSR count). The fourth-order valence-corrected chi connectivity index (χ4v) is 3.85. The van der Waals surface area contributed by atoms with Crippen LogP contribution in [0.3, 0.4) is 0 Å². The van der Waals surface area contributed by atoms with Crippen molar-refractivity contribution in [1.29, 1.82) is 0 Å². The number of ketones is 1. The van der Waals surface area contributed by atoms with Gasteiger partial charge in [-0.25, -0.2) is 10.1 Å². The summed E-state index contributed by atoms with van der Waals surface area (Å²) < 4.78 is 1.96. The third-order valence-electron chi connectivity index (χ3n) is 4.48. The van der Waals surface area contributed by atoms with Crippen molar-refractivity contribution in [3.63, 3.8) is 0 Å². The summed E-state index contributed by atoms with van der Waals surface area (Å²) in [5.74, 6) is 1.15. The maximum atomic E-state index is 12.7. The zero-order valence-corrected chi connectivity index (χ0v) is 15.1. The third-order valence-corrected chi connectivity index (χ3v) is 5.42. The number of aromatic nitrogens is 4. The summed E-state index contributed by atoms with van der Waals surface area (Å²) in [6, 6.07) is 12.0. The maximum absolute atomic E-state index is 12.7. The lowest BCUT2D eigenvalue weighted by molar-refractivity contribution is 0.102. The molecule has 25 heavy (non-hydrogen) atoms. The average molecular weight is 350 g/mol. The van der Waals surface area contributed by atoms with E-state index in [1.807, 2.05) is 48.6 Å². The Kier molecular flexibility index (Phi) is 3.84. The first kappa shape index (κ1) is 15.9. The summed E-state index contributed by atoms with van der Waals surface area (Å²) in [5, 5.41) is 8.00. The lowest BCUT2D eigenvalue weighted by Crippen LogP contribution is -2.06. The van der Waals surface area contributed by atoms with Crippen molar-refractivity contribution in [2.45, 2.75) is 25.9 Å². The van der Waals surface area contributed by atoms with Crippen LogP contribution in [-0.2, 0) is 0 Å². The highest BCUT2D eigenvalue weighted by molar-refractivity contribution is 7.99. The number of fused-ring (bicyclic) bond motifs is 3. The lowest BCUT2D eigenvalue weighted by atomic mass is 9.99. The van der Waals surface area contributed by atoms with Crippen molar-refractivity contribution < 1.29 is 4.79 Å². The van der Waals surface area contributed by atoms with Crippen molar-refractivity contribution in [2.75, 3.05) is 5.75 Å². The van der Waals surface area contributed by atoms with Crippen LogP contribution < -0.4 is 0 Å². The van der Waals surface area contributed by atoms with E-state index >= 15 is 0 Å². The van der Waals surface area contributed by atoms with E-state index in [1.54, 1.807) is 0 Å². The molecule has 0 aliphatic carbocycles. The number of imidazole rings is 1. The Morgan fingerprint density at radius 3 is 2.72 bits per heavy atom. The summed E-state index contributed by atoms with van der Waals surface area (Å²) in [4.78, 5) is 17.2. The van der Waals surface area contributed by atoms with Crippen molar-refractivity contribution in [3.05, 3.63) is 58.7 Å². The minimum Gasteiger partial charge on any atom is -0.293 e. The number of H-pyrrole nitrogens is 1. The molecule has 1 N–H and O–H groups in total. The van der Waals surface area contributed by atoms with Crippen LogP contribution in [0.1, 0.15) is 27.0 Å². The fourth-order valence-electron chi connectivity index (χ4n) is 3.01. The molecule has 0 saturated carbocycles. The molecule has 0 fully saturated rings. The van der Waals surface area contributed by atoms with Crippen LogP contribution in [0.4, 0.5) is 0 Å². The van der Waals surface area contributed by atoms with Crippen LogP contribution in [-0.4, -0.2) is 31.1 Å². The molecule has 0 aliphatic rings. The van der Waals surface area contributed by atoms with Gasteiger partial charge in [-0.1, -0.05) is 30.0 Å². The number of Topliss-reactive ketones (excluding diaryl/α,β-unsaturated/α-hetero) is 1. The SMILES string of the molecule is Cc1cc(C)c(C(=O)CSc2n[nH]c3nc4ccccc4n23)cc1C. The van der Waals surface area contributed by atoms with Gasteiger partial charge in [0, 0.05) is 5.56 Å². The number of aromatic amines is 1. The molecule has 6 heteroatoms. The van der Waals surface area contributed by atoms with Gasteiger partial charge < -0.3 is 0 Å². The highest BCUT2D eigenvalue weighted by Gasteiger charge is 2.15. The molecule has 0 amide bonds. The normalized spacial score (nSPS) is 11.5. The predicted molar refractivity (Wildman–Crippen MR) is 101 cm³/mol. The average Bonchev–Trinajstić information content (AvgIpc) is 3.15. The molecule has 2 heterocycles. The van der Waals surface area contributed by atoms with Gasteiger partial charge >= 0.3 is 0 Å². The van der Waals surface area contributed by atoms with Crippen molar-refractivity contribution in [2.24, 2.45) is 0 Å². The second-order valence-corrected chi connectivity index (χ2v) is 7.17. The van der Waals surface area contributed by atoms with Crippen molar-refractivity contribution in [1.82, 2.24) is 19.6 Å².